The lowest BCUT2D eigenvalue weighted by atomic mass is 9.77. The number of aromatic nitrogens is 4. The molecule has 0 spiro atoms. The fraction of sp³-hybridized carbons (Fsp3) is 0.647. The molecule has 2 aromatic heterocycles. The Kier molecular flexibility index (Phi) is 5.21. The molecule has 0 aliphatic carbocycles. The molecule has 116 valence electrons. The molecule has 0 amide bonds. The fourth-order valence-corrected chi connectivity index (χ4v) is 3.26. The van der Waals surface area contributed by atoms with E-state index >= 15 is 0 Å². The highest BCUT2D eigenvalue weighted by Gasteiger charge is 2.29. The molecular formula is C17H28N4. The third kappa shape index (κ3) is 3.55. The Labute approximate surface area is 128 Å². The molecular weight excluding hydrogens is 260 g/mol. The van der Waals surface area contributed by atoms with E-state index in [1.807, 2.05) is 6.07 Å². The Morgan fingerprint density at radius 1 is 1.19 bits per heavy atom. The summed E-state index contributed by atoms with van der Waals surface area (Å²) in [6.07, 6.45) is 9.29. The van der Waals surface area contributed by atoms with Gasteiger partial charge < -0.3 is 0 Å². The molecule has 4 heteroatoms. The van der Waals surface area contributed by atoms with Crippen LogP contribution in [-0.2, 0) is 12.5 Å². The van der Waals surface area contributed by atoms with E-state index in [1.54, 1.807) is 6.20 Å². The maximum Gasteiger partial charge on any atom is 0.110 e. The lowest BCUT2D eigenvalue weighted by Gasteiger charge is -2.29. The van der Waals surface area contributed by atoms with Crippen molar-refractivity contribution in [2.24, 2.45) is 7.05 Å². The summed E-state index contributed by atoms with van der Waals surface area (Å²) in [5.74, 6) is 0. The third-order valence-corrected chi connectivity index (χ3v) is 4.41. The Hall–Kier alpha value is -1.58. The van der Waals surface area contributed by atoms with Crippen molar-refractivity contribution in [3.8, 4) is 11.4 Å². The molecule has 0 aliphatic heterocycles. The predicted octanol–water partition coefficient (Wildman–Crippen LogP) is 4.45. The number of aromatic amines is 1. The second-order valence-corrected chi connectivity index (χ2v) is 6.28. The molecule has 2 rings (SSSR count). The summed E-state index contributed by atoms with van der Waals surface area (Å²) in [4.78, 5) is 0. The molecule has 0 saturated carbocycles. The van der Waals surface area contributed by atoms with Gasteiger partial charge in [-0.1, -0.05) is 46.5 Å². The summed E-state index contributed by atoms with van der Waals surface area (Å²) in [6.45, 7) is 6.92. The van der Waals surface area contributed by atoms with Crippen LogP contribution in [-0.4, -0.2) is 20.0 Å². The molecule has 1 unspecified atom stereocenters. The van der Waals surface area contributed by atoms with E-state index < -0.39 is 0 Å². The predicted molar refractivity (Wildman–Crippen MR) is 87.2 cm³/mol. The number of H-pyrrole nitrogens is 1. The Morgan fingerprint density at radius 2 is 2.00 bits per heavy atom. The van der Waals surface area contributed by atoms with Gasteiger partial charge in [0.25, 0.3) is 0 Å². The first-order valence-electron chi connectivity index (χ1n) is 8.15. The Bertz CT molecular complexity index is 541. The van der Waals surface area contributed by atoms with Crippen LogP contribution >= 0.6 is 0 Å². The number of rotatable bonds is 8. The van der Waals surface area contributed by atoms with Gasteiger partial charge in [-0.15, -0.1) is 0 Å². The molecule has 0 radical (unpaired) electrons. The summed E-state index contributed by atoms with van der Waals surface area (Å²) < 4.78 is 2.05. The van der Waals surface area contributed by atoms with Crippen molar-refractivity contribution in [1.82, 2.24) is 20.0 Å². The number of hydrogen-bond donors (Lipinski definition) is 1. The van der Waals surface area contributed by atoms with Crippen molar-refractivity contribution >= 4 is 0 Å². The maximum atomic E-state index is 4.68. The van der Waals surface area contributed by atoms with Gasteiger partial charge in [0, 0.05) is 24.4 Å². The van der Waals surface area contributed by atoms with Crippen molar-refractivity contribution in [3.05, 3.63) is 24.0 Å². The lowest BCUT2D eigenvalue weighted by Crippen LogP contribution is -2.25. The minimum absolute atomic E-state index is 0.212. The van der Waals surface area contributed by atoms with Crippen molar-refractivity contribution in [2.75, 3.05) is 0 Å². The highest BCUT2D eigenvalue weighted by molar-refractivity contribution is 5.54. The topological polar surface area (TPSA) is 46.5 Å². The van der Waals surface area contributed by atoms with Gasteiger partial charge in [-0.05, 0) is 25.0 Å². The first-order chi connectivity index (χ1) is 10.1. The molecule has 4 nitrogen and oxygen atoms in total. The summed E-state index contributed by atoms with van der Waals surface area (Å²) >= 11 is 0. The minimum atomic E-state index is 0.212. The average molecular weight is 288 g/mol. The molecule has 1 N–H and O–H groups in total. The van der Waals surface area contributed by atoms with E-state index in [0.29, 0.717) is 0 Å². The standard InChI is InChI=1S/C17H28N4/c1-5-7-8-11-17(3,10-6-2)16-13-15(20-21(16)4)14-9-12-18-19-14/h9,12-13H,5-8,10-11H2,1-4H3,(H,18,19). The maximum absolute atomic E-state index is 4.68. The summed E-state index contributed by atoms with van der Waals surface area (Å²) in [7, 11) is 2.06. The van der Waals surface area contributed by atoms with Crippen LogP contribution in [0.25, 0.3) is 11.4 Å². The van der Waals surface area contributed by atoms with Crippen LogP contribution in [0, 0.1) is 0 Å². The zero-order chi connectivity index (χ0) is 15.3. The van der Waals surface area contributed by atoms with E-state index in [4.69, 9.17) is 0 Å². The van der Waals surface area contributed by atoms with Gasteiger partial charge in [0.05, 0.1) is 5.69 Å². The van der Waals surface area contributed by atoms with Crippen LogP contribution in [0.3, 0.4) is 0 Å². The molecule has 1 atom stereocenters. The Balaban J connectivity index is 2.27. The SMILES string of the molecule is CCCCCC(C)(CCC)c1cc(-c2ccn[nH]2)nn1C. The molecule has 0 saturated heterocycles. The van der Waals surface area contributed by atoms with Gasteiger partial charge >= 0.3 is 0 Å². The minimum Gasteiger partial charge on any atom is -0.276 e. The van der Waals surface area contributed by atoms with Gasteiger partial charge in [0.2, 0.25) is 0 Å². The second-order valence-electron chi connectivity index (χ2n) is 6.28. The van der Waals surface area contributed by atoms with Crippen LogP contribution in [0.5, 0.6) is 0 Å². The van der Waals surface area contributed by atoms with Gasteiger partial charge in [-0.2, -0.15) is 10.2 Å². The van der Waals surface area contributed by atoms with Gasteiger partial charge in [0.1, 0.15) is 5.69 Å². The fourth-order valence-electron chi connectivity index (χ4n) is 3.26. The van der Waals surface area contributed by atoms with Crippen LogP contribution in [0.4, 0.5) is 0 Å². The number of nitrogens with one attached hydrogen (secondary N) is 1. The third-order valence-electron chi connectivity index (χ3n) is 4.41. The highest BCUT2D eigenvalue weighted by Crippen LogP contribution is 2.35. The molecule has 0 fully saturated rings. The zero-order valence-corrected chi connectivity index (χ0v) is 13.8. The second kappa shape index (κ2) is 6.92. The van der Waals surface area contributed by atoms with Gasteiger partial charge in [0.15, 0.2) is 0 Å². The number of hydrogen-bond acceptors (Lipinski definition) is 2. The number of unbranched alkanes of at least 4 members (excludes halogenated alkanes) is 2. The normalized spacial score (nSPS) is 14.3. The van der Waals surface area contributed by atoms with E-state index in [-0.39, 0.29) is 5.41 Å². The van der Waals surface area contributed by atoms with E-state index in [1.165, 1.54) is 44.2 Å². The van der Waals surface area contributed by atoms with Crippen LogP contribution in [0.2, 0.25) is 0 Å². The Morgan fingerprint density at radius 3 is 2.62 bits per heavy atom. The highest BCUT2D eigenvalue weighted by atomic mass is 15.3. The monoisotopic (exact) mass is 288 g/mol. The molecule has 0 aromatic carbocycles. The molecule has 2 heterocycles. The molecule has 0 bridgehead atoms. The average Bonchev–Trinajstić information content (AvgIpc) is 3.08. The van der Waals surface area contributed by atoms with Crippen molar-refractivity contribution in [3.63, 3.8) is 0 Å². The van der Waals surface area contributed by atoms with Crippen molar-refractivity contribution in [1.29, 1.82) is 0 Å². The zero-order valence-electron chi connectivity index (χ0n) is 13.8. The van der Waals surface area contributed by atoms with Crippen LogP contribution < -0.4 is 0 Å². The molecule has 2 aromatic rings. The van der Waals surface area contributed by atoms with Crippen LogP contribution in [0.1, 0.15) is 65.0 Å². The summed E-state index contributed by atoms with van der Waals surface area (Å²) in [5, 5.41) is 11.7. The van der Waals surface area contributed by atoms with Crippen LogP contribution in [0.15, 0.2) is 18.3 Å². The van der Waals surface area contributed by atoms with Crippen molar-refractivity contribution in [2.45, 2.75) is 64.7 Å². The van der Waals surface area contributed by atoms with E-state index in [0.717, 1.165) is 11.4 Å². The van der Waals surface area contributed by atoms with Gasteiger partial charge in [-0.3, -0.25) is 9.78 Å². The summed E-state index contributed by atoms with van der Waals surface area (Å²) in [6, 6.07) is 4.20. The van der Waals surface area contributed by atoms with Crippen molar-refractivity contribution < 1.29 is 0 Å². The first kappa shape index (κ1) is 15.8. The van der Waals surface area contributed by atoms with Gasteiger partial charge in [-0.25, -0.2) is 0 Å². The summed E-state index contributed by atoms with van der Waals surface area (Å²) in [5.41, 5.74) is 3.53. The molecule has 21 heavy (non-hydrogen) atoms. The van der Waals surface area contributed by atoms with E-state index in [2.05, 4.69) is 53.9 Å². The number of aryl methyl sites for hydroxylation is 1. The number of nitrogens with zero attached hydrogens (tertiary/aromatic N) is 3. The van der Waals surface area contributed by atoms with E-state index in [9.17, 15) is 0 Å². The molecule has 0 aliphatic rings. The lowest BCUT2D eigenvalue weighted by molar-refractivity contribution is 0.355. The smallest absolute Gasteiger partial charge is 0.110 e. The largest absolute Gasteiger partial charge is 0.276 e. The first-order valence-corrected chi connectivity index (χ1v) is 8.15. The quantitative estimate of drug-likeness (QED) is 0.729.